The van der Waals surface area contributed by atoms with Crippen LogP contribution in [-0.4, -0.2) is 32.2 Å². The molecule has 4 heteroatoms. The van der Waals surface area contributed by atoms with Gasteiger partial charge in [-0.15, -0.1) is 0 Å². The molecule has 0 saturated carbocycles. The Morgan fingerprint density at radius 1 is 1.37 bits per heavy atom. The van der Waals surface area contributed by atoms with Gasteiger partial charge in [-0.3, -0.25) is 4.79 Å². The lowest BCUT2D eigenvalue weighted by Crippen LogP contribution is -2.42. The van der Waals surface area contributed by atoms with Gasteiger partial charge in [-0.1, -0.05) is 23.8 Å². The van der Waals surface area contributed by atoms with Crippen LogP contribution in [0.1, 0.15) is 23.6 Å². The fourth-order valence-corrected chi connectivity index (χ4v) is 1.78. The molecule has 1 aromatic carbocycles. The smallest absolute Gasteiger partial charge is 0.236 e. The van der Waals surface area contributed by atoms with Gasteiger partial charge in [0, 0.05) is 20.2 Å². The number of carbonyl (C=O) groups is 1. The van der Waals surface area contributed by atoms with Crippen molar-refractivity contribution in [2.75, 3.05) is 20.3 Å². The Bertz CT molecular complexity index is 419. The number of aryl methyl sites for hydroxylation is 2. The molecule has 0 fully saturated rings. The third-order valence-corrected chi connectivity index (χ3v) is 3.10. The van der Waals surface area contributed by atoms with Crippen molar-refractivity contribution in [3.63, 3.8) is 0 Å². The number of nitrogens with one attached hydrogen (secondary N) is 2. The molecule has 1 atom stereocenters. The third kappa shape index (κ3) is 5.41. The Kier molecular flexibility index (Phi) is 6.53. The Morgan fingerprint density at radius 2 is 2.11 bits per heavy atom. The van der Waals surface area contributed by atoms with E-state index >= 15 is 0 Å². The first-order valence-corrected chi connectivity index (χ1v) is 6.60. The van der Waals surface area contributed by atoms with Crippen LogP contribution in [0, 0.1) is 13.8 Å². The summed E-state index contributed by atoms with van der Waals surface area (Å²) in [5.41, 5.74) is 3.71. The van der Waals surface area contributed by atoms with E-state index in [2.05, 4.69) is 42.7 Å². The minimum absolute atomic E-state index is 0.00218. The lowest BCUT2D eigenvalue weighted by atomic mass is 10.1. The van der Waals surface area contributed by atoms with Crippen molar-refractivity contribution in [2.45, 2.75) is 33.4 Å². The maximum Gasteiger partial charge on any atom is 0.236 e. The highest BCUT2D eigenvalue weighted by molar-refractivity contribution is 5.81. The number of methoxy groups -OCH3 is 1. The molecule has 1 amide bonds. The van der Waals surface area contributed by atoms with Gasteiger partial charge in [-0.2, -0.15) is 0 Å². The number of carbonyl (C=O) groups excluding carboxylic acids is 1. The molecule has 106 valence electrons. The molecule has 0 heterocycles. The SMILES string of the molecule is COCCNC(=O)C(C)NCc1cc(C)ccc1C. The Morgan fingerprint density at radius 3 is 2.79 bits per heavy atom. The van der Waals surface area contributed by atoms with E-state index < -0.39 is 0 Å². The van der Waals surface area contributed by atoms with E-state index in [-0.39, 0.29) is 11.9 Å². The predicted octanol–water partition coefficient (Wildman–Crippen LogP) is 1.54. The molecule has 0 saturated heterocycles. The number of ether oxygens (including phenoxy) is 1. The molecule has 0 aliphatic rings. The third-order valence-electron chi connectivity index (χ3n) is 3.10. The zero-order valence-corrected chi connectivity index (χ0v) is 12.2. The van der Waals surface area contributed by atoms with Crippen molar-refractivity contribution >= 4 is 5.91 Å². The van der Waals surface area contributed by atoms with Crippen molar-refractivity contribution in [2.24, 2.45) is 0 Å². The van der Waals surface area contributed by atoms with Crippen LogP contribution >= 0.6 is 0 Å². The van der Waals surface area contributed by atoms with Gasteiger partial charge in [0.15, 0.2) is 0 Å². The van der Waals surface area contributed by atoms with E-state index in [1.165, 1.54) is 16.7 Å². The predicted molar refractivity (Wildman–Crippen MR) is 77.1 cm³/mol. The topological polar surface area (TPSA) is 50.4 Å². The fourth-order valence-electron chi connectivity index (χ4n) is 1.78. The van der Waals surface area contributed by atoms with Crippen LogP contribution in [0.15, 0.2) is 18.2 Å². The number of hydrogen-bond donors (Lipinski definition) is 2. The summed E-state index contributed by atoms with van der Waals surface area (Å²) < 4.78 is 4.90. The van der Waals surface area contributed by atoms with Gasteiger partial charge in [0.05, 0.1) is 12.6 Å². The maximum atomic E-state index is 11.8. The monoisotopic (exact) mass is 264 g/mol. The van der Waals surface area contributed by atoms with Crippen LogP contribution in [0.25, 0.3) is 0 Å². The molecule has 0 radical (unpaired) electrons. The molecule has 0 aliphatic heterocycles. The Balaban J connectivity index is 2.42. The second kappa shape index (κ2) is 7.92. The first-order chi connectivity index (χ1) is 9.04. The summed E-state index contributed by atoms with van der Waals surface area (Å²) in [6.45, 7) is 7.81. The first kappa shape index (κ1) is 15.7. The quantitative estimate of drug-likeness (QED) is 0.735. The van der Waals surface area contributed by atoms with Crippen LogP contribution in [0.4, 0.5) is 0 Å². The number of amides is 1. The summed E-state index contributed by atoms with van der Waals surface area (Å²) in [7, 11) is 1.62. The summed E-state index contributed by atoms with van der Waals surface area (Å²) in [5, 5.41) is 6.06. The van der Waals surface area contributed by atoms with Crippen molar-refractivity contribution < 1.29 is 9.53 Å². The van der Waals surface area contributed by atoms with Gasteiger partial charge in [0.25, 0.3) is 0 Å². The van der Waals surface area contributed by atoms with Gasteiger partial charge in [0.1, 0.15) is 0 Å². The van der Waals surface area contributed by atoms with Crippen LogP contribution in [-0.2, 0) is 16.1 Å². The molecular formula is C15H24N2O2. The first-order valence-electron chi connectivity index (χ1n) is 6.60. The standard InChI is InChI=1S/C15H24N2O2/c1-11-5-6-12(2)14(9-11)10-17-13(3)15(18)16-7-8-19-4/h5-6,9,13,17H,7-8,10H2,1-4H3,(H,16,18). The second-order valence-corrected chi connectivity index (χ2v) is 4.82. The van der Waals surface area contributed by atoms with Crippen LogP contribution in [0.2, 0.25) is 0 Å². The molecule has 1 unspecified atom stereocenters. The lowest BCUT2D eigenvalue weighted by Gasteiger charge is -2.15. The van der Waals surface area contributed by atoms with Crippen LogP contribution < -0.4 is 10.6 Å². The zero-order chi connectivity index (χ0) is 14.3. The van der Waals surface area contributed by atoms with E-state index in [9.17, 15) is 4.79 Å². The summed E-state index contributed by atoms with van der Waals surface area (Å²) in [6, 6.07) is 6.14. The molecular weight excluding hydrogens is 240 g/mol. The molecule has 0 aromatic heterocycles. The highest BCUT2D eigenvalue weighted by Crippen LogP contribution is 2.10. The molecule has 0 bridgehead atoms. The lowest BCUT2D eigenvalue weighted by molar-refractivity contribution is -0.122. The Hall–Kier alpha value is -1.39. The van der Waals surface area contributed by atoms with E-state index in [4.69, 9.17) is 4.74 Å². The second-order valence-electron chi connectivity index (χ2n) is 4.82. The van der Waals surface area contributed by atoms with Gasteiger partial charge >= 0.3 is 0 Å². The summed E-state index contributed by atoms with van der Waals surface area (Å²) >= 11 is 0. The fraction of sp³-hybridized carbons (Fsp3) is 0.533. The van der Waals surface area contributed by atoms with Crippen LogP contribution in [0.5, 0.6) is 0 Å². The minimum Gasteiger partial charge on any atom is -0.383 e. The average Bonchev–Trinajstić information content (AvgIpc) is 2.39. The minimum atomic E-state index is -0.211. The van der Waals surface area contributed by atoms with Gasteiger partial charge in [-0.25, -0.2) is 0 Å². The number of rotatable bonds is 7. The molecule has 1 rings (SSSR count). The Labute approximate surface area is 115 Å². The number of hydrogen-bond acceptors (Lipinski definition) is 3. The number of benzene rings is 1. The van der Waals surface area contributed by atoms with E-state index in [0.29, 0.717) is 19.7 Å². The van der Waals surface area contributed by atoms with Crippen molar-refractivity contribution in [3.05, 3.63) is 34.9 Å². The summed E-state index contributed by atoms with van der Waals surface area (Å²) in [4.78, 5) is 11.8. The van der Waals surface area contributed by atoms with Gasteiger partial charge < -0.3 is 15.4 Å². The van der Waals surface area contributed by atoms with E-state index in [1.54, 1.807) is 7.11 Å². The molecule has 0 spiro atoms. The molecule has 19 heavy (non-hydrogen) atoms. The molecule has 1 aromatic rings. The maximum absolute atomic E-state index is 11.8. The summed E-state index contributed by atoms with van der Waals surface area (Å²) in [5.74, 6) is 0.00218. The van der Waals surface area contributed by atoms with E-state index in [0.717, 1.165) is 0 Å². The molecule has 2 N–H and O–H groups in total. The molecule has 4 nitrogen and oxygen atoms in total. The zero-order valence-electron chi connectivity index (χ0n) is 12.2. The van der Waals surface area contributed by atoms with E-state index in [1.807, 2.05) is 6.92 Å². The van der Waals surface area contributed by atoms with Crippen molar-refractivity contribution in [3.8, 4) is 0 Å². The van der Waals surface area contributed by atoms with Gasteiger partial charge in [-0.05, 0) is 31.9 Å². The average molecular weight is 264 g/mol. The van der Waals surface area contributed by atoms with Crippen molar-refractivity contribution in [1.29, 1.82) is 0 Å². The van der Waals surface area contributed by atoms with Crippen LogP contribution in [0.3, 0.4) is 0 Å². The normalized spacial score (nSPS) is 12.2. The highest BCUT2D eigenvalue weighted by atomic mass is 16.5. The van der Waals surface area contributed by atoms with Gasteiger partial charge in [0.2, 0.25) is 5.91 Å². The highest BCUT2D eigenvalue weighted by Gasteiger charge is 2.11. The van der Waals surface area contributed by atoms with Crippen molar-refractivity contribution in [1.82, 2.24) is 10.6 Å². The summed E-state index contributed by atoms with van der Waals surface area (Å²) in [6.07, 6.45) is 0. The molecule has 0 aliphatic carbocycles. The largest absolute Gasteiger partial charge is 0.383 e.